The van der Waals surface area contributed by atoms with Crippen LogP contribution in [0.25, 0.3) is 11.0 Å². The maximum atomic E-state index is 13.0. The third-order valence-corrected chi connectivity index (χ3v) is 6.15. The average molecular weight is 430 g/mol. The summed E-state index contributed by atoms with van der Waals surface area (Å²) in [5, 5.41) is 8.70. The van der Waals surface area contributed by atoms with E-state index >= 15 is 0 Å². The van der Waals surface area contributed by atoms with Gasteiger partial charge in [-0.2, -0.15) is 5.10 Å². The summed E-state index contributed by atoms with van der Waals surface area (Å²) >= 11 is 0. The van der Waals surface area contributed by atoms with Gasteiger partial charge >= 0.3 is 0 Å². The maximum Gasteiger partial charge on any atom is 0.273 e. The number of likely N-dealkylation sites (tertiary alicyclic amines) is 1. The first-order valence-electron chi connectivity index (χ1n) is 11.1. The molecule has 3 N–H and O–H groups in total. The van der Waals surface area contributed by atoms with Crippen LogP contribution in [-0.4, -0.2) is 70.4 Å². The predicted molar refractivity (Wildman–Crippen MR) is 117 cm³/mol. The number of anilines is 1. The highest BCUT2D eigenvalue weighted by atomic mass is 16.5. The van der Waals surface area contributed by atoms with E-state index in [0.717, 1.165) is 49.7 Å². The summed E-state index contributed by atoms with van der Waals surface area (Å²) in [6, 6.07) is -0.0290. The molecule has 2 aliphatic rings. The summed E-state index contributed by atoms with van der Waals surface area (Å²) < 4.78 is 7.25. The van der Waals surface area contributed by atoms with Crippen molar-refractivity contribution in [2.75, 3.05) is 32.1 Å². The van der Waals surface area contributed by atoms with E-state index in [9.17, 15) is 9.59 Å². The highest BCUT2D eigenvalue weighted by molar-refractivity contribution is 6.07. The molecule has 1 unspecified atom stereocenters. The molecule has 2 fully saturated rings. The number of likely N-dealkylation sites (N-methyl/N-ethyl adjacent to an activating group) is 1. The van der Waals surface area contributed by atoms with Gasteiger partial charge in [-0.3, -0.25) is 25.3 Å². The molecule has 4 heterocycles. The molecule has 2 aliphatic heterocycles. The summed E-state index contributed by atoms with van der Waals surface area (Å²) in [5.41, 5.74) is 6.98. The minimum Gasteiger partial charge on any atom is -0.381 e. The lowest BCUT2D eigenvalue weighted by atomic mass is 10.0. The number of carbonyl (C=O) groups excluding carboxylic acids is 2. The van der Waals surface area contributed by atoms with E-state index in [4.69, 9.17) is 4.74 Å². The van der Waals surface area contributed by atoms with Crippen molar-refractivity contribution in [1.82, 2.24) is 30.5 Å². The summed E-state index contributed by atoms with van der Waals surface area (Å²) in [6.07, 6.45) is 7.89. The molecule has 0 aromatic carbocycles. The predicted octanol–water partition coefficient (Wildman–Crippen LogP) is 1.29. The van der Waals surface area contributed by atoms with Crippen LogP contribution < -0.4 is 16.2 Å². The Hall–Kier alpha value is -2.72. The molecule has 0 spiro atoms. The molecule has 0 aliphatic carbocycles. The topological polar surface area (TPSA) is 113 Å². The number of hydrogen-bond acceptors (Lipinski definition) is 7. The molecule has 2 amide bonds. The van der Waals surface area contributed by atoms with Gasteiger partial charge in [-0.05, 0) is 46.2 Å². The van der Waals surface area contributed by atoms with Gasteiger partial charge in [-0.1, -0.05) is 6.42 Å². The van der Waals surface area contributed by atoms with Gasteiger partial charge < -0.3 is 10.1 Å². The Morgan fingerprint density at radius 3 is 2.71 bits per heavy atom. The number of aryl methyl sites for hydroxylation is 1. The number of nitrogens with one attached hydrogen (secondary N) is 3. The van der Waals surface area contributed by atoms with Gasteiger partial charge in [0.25, 0.3) is 11.8 Å². The van der Waals surface area contributed by atoms with Crippen molar-refractivity contribution in [2.24, 2.45) is 0 Å². The van der Waals surface area contributed by atoms with Crippen molar-refractivity contribution in [3.63, 3.8) is 0 Å². The molecule has 2 aromatic heterocycles. The lowest BCUT2D eigenvalue weighted by Crippen LogP contribution is -2.52. The first-order valence-corrected chi connectivity index (χ1v) is 11.1. The minimum atomic E-state index is -0.403. The van der Waals surface area contributed by atoms with E-state index in [1.54, 1.807) is 17.1 Å². The number of amides is 2. The van der Waals surface area contributed by atoms with Gasteiger partial charge in [0.05, 0.1) is 28.9 Å². The van der Waals surface area contributed by atoms with Crippen LogP contribution in [0.15, 0.2) is 12.4 Å². The number of carbonyl (C=O) groups is 2. The number of hydrogen-bond donors (Lipinski definition) is 3. The number of fused-ring (bicyclic) bond motifs is 1. The number of aromatic nitrogens is 3. The Bertz CT molecular complexity index is 938. The number of hydrazine groups is 1. The Morgan fingerprint density at radius 2 is 1.97 bits per heavy atom. The SMILES string of the molecule is CCn1ncc2c(NC3CCOCC3)c(C(=O)NNC(=O)C3CCCCN3C)cnc21. The molecule has 2 saturated heterocycles. The zero-order chi connectivity index (χ0) is 21.8. The number of pyridine rings is 1. The number of nitrogens with zero attached hydrogens (tertiary/aromatic N) is 4. The second kappa shape index (κ2) is 9.61. The quantitative estimate of drug-likeness (QED) is 0.614. The molecule has 10 heteroatoms. The lowest BCUT2D eigenvalue weighted by Gasteiger charge is -2.31. The van der Waals surface area contributed by atoms with Crippen LogP contribution in [0.5, 0.6) is 0 Å². The Kier molecular flexibility index (Phi) is 6.67. The molecular weight excluding hydrogens is 398 g/mol. The normalized spacial score (nSPS) is 20.5. The van der Waals surface area contributed by atoms with Crippen LogP contribution in [0.4, 0.5) is 5.69 Å². The maximum absolute atomic E-state index is 13.0. The van der Waals surface area contributed by atoms with Crippen LogP contribution in [-0.2, 0) is 16.1 Å². The third-order valence-electron chi connectivity index (χ3n) is 6.15. The molecule has 168 valence electrons. The monoisotopic (exact) mass is 429 g/mol. The van der Waals surface area contributed by atoms with E-state index in [0.29, 0.717) is 31.0 Å². The molecule has 2 aromatic rings. The second-order valence-corrected chi connectivity index (χ2v) is 8.21. The van der Waals surface area contributed by atoms with Crippen LogP contribution in [0.3, 0.4) is 0 Å². The van der Waals surface area contributed by atoms with Gasteiger partial charge in [0.2, 0.25) is 0 Å². The van der Waals surface area contributed by atoms with Crippen molar-refractivity contribution in [3.8, 4) is 0 Å². The fourth-order valence-corrected chi connectivity index (χ4v) is 4.31. The minimum absolute atomic E-state index is 0.192. The summed E-state index contributed by atoms with van der Waals surface area (Å²) in [4.78, 5) is 32.1. The Balaban J connectivity index is 1.54. The molecule has 0 bridgehead atoms. The van der Waals surface area contributed by atoms with Gasteiger partial charge in [-0.15, -0.1) is 0 Å². The van der Waals surface area contributed by atoms with E-state index in [1.165, 1.54) is 0 Å². The van der Waals surface area contributed by atoms with Crippen LogP contribution in [0.2, 0.25) is 0 Å². The fraction of sp³-hybridized carbons (Fsp3) is 0.619. The molecule has 10 nitrogen and oxygen atoms in total. The van der Waals surface area contributed by atoms with Gasteiger partial charge in [-0.25, -0.2) is 9.67 Å². The first kappa shape index (κ1) is 21.5. The van der Waals surface area contributed by atoms with E-state index in [-0.39, 0.29) is 18.0 Å². The summed E-state index contributed by atoms with van der Waals surface area (Å²) in [5.74, 6) is -0.595. The Morgan fingerprint density at radius 1 is 1.16 bits per heavy atom. The smallest absolute Gasteiger partial charge is 0.273 e. The fourth-order valence-electron chi connectivity index (χ4n) is 4.31. The Labute approximate surface area is 181 Å². The molecule has 1 atom stereocenters. The number of rotatable bonds is 5. The highest BCUT2D eigenvalue weighted by Crippen LogP contribution is 2.28. The summed E-state index contributed by atoms with van der Waals surface area (Å²) in [6.45, 7) is 4.94. The van der Waals surface area contributed by atoms with Crippen LogP contribution >= 0.6 is 0 Å². The summed E-state index contributed by atoms with van der Waals surface area (Å²) in [7, 11) is 1.93. The lowest BCUT2D eigenvalue weighted by molar-refractivity contribution is -0.127. The third kappa shape index (κ3) is 4.64. The van der Waals surface area contributed by atoms with Crippen LogP contribution in [0, 0.1) is 0 Å². The van der Waals surface area contributed by atoms with E-state index < -0.39 is 5.91 Å². The molecule has 0 radical (unpaired) electrons. The van der Waals surface area contributed by atoms with Crippen molar-refractivity contribution in [2.45, 2.75) is 57.7 Å². The standard InChI is InChI=1S/C21H31N7O3/c1-3-28-19-15(13-23-28)18(24-14-7-10-31-11-8-14)16(12-22-19)20(29)25-26-21(30)17-6-4-5-9-27(17)2/h12-14,17H,3-11H2,1-2H3,(H,22,24)(H,25,29)(H,26,30). The molecular formula is C21H31N7O3. The van der Waals surface area contributed by atoms with E-state index in [1.807, 2.05) is 18.9 Å². The van der Waals surface area contributed by atoms with Gasteiger partial charge in [0, 0.05) is 32.0 Å². The molecule has 0 saturated carbocycles. The number of ether oxygens (including phenoxy) is 1. The van der Waals surface area contributed by atoms with Crippen LogP contribution in [0.1, 0.15) is 49.4 Å². The van der Waals surface area contributed by atoms with E-state index in [2.05, 4.69) is 26.3 Å². The molecule has 4 rings (SSSR count). The average Bonchev–Trinajstić information content (AvgIpc) is 3.22. The van der Waals surface area contributed by atoms with Gasteiger partial charge in [0.15, 0.2) is 5.65 Å². The number of piperidine rings is 1. The zero-order valence-corrected chi connectivity index (χ0v) is 18.2. The van der Waals surface area contributed by atoms with Crippen molar-refractivity contribution in [1.29, 1.82) is 0 Å². The first-order chi connectivity index (χ1) is 15.1. The molecule has 31 heavy (non-hydrogen) atoms. The van der Waals surface area contributed by atoms with Crippen molar-refractivity contribution in [3.05, 3.63) is 18.0 Å². The largest absolute Gasteiger partial charge is 0.381 e. The van der Waals surface area contributed by atoms with Crippen molar-refractivity contribution < 1.29 is 14.3 Å². The second-order valence-electron chi connectivity index (χ2n) is 8.21. The zero-order valence-electron chi connectivity index (χ0n) is 18.2. The van der Waals surface area contributed by atoms with Gasteiger partial charge in [0.1, 0.15) is 0 Å². The van der Waals surface area contributed by atoms with Crippen molar-refractivity contribution >= 4 is 28.5 Å². The highest BCUT2D eigenvalue weighted by Gasteiger charge is 2.27.